The van der Waals surface area contributed by atoms with Crippen LogP contribution < -0.4 is 16.0 Å². The van der Waals surface area contributed by atoms with Crippen LogP contribution in [0.2, 0.25) is 0 Å². The number of imide groups is 1. The number of hydrogen-bond acceptors (Lipinski definition) is 5. The molecular weight excluding hydrogens is 508 g/mol. The van der Waals surface area contributed by atoms with Gasteiger partial charge in [-0.25, -0.2) is 13.6 Å². The highest BCUT2D eigenvalue weighted by molar-refractivity contribution is 6.07. The molecule has 2 aromatic rings. The van der Waals surface area contributed by atoms with Crippen molar-refractivity contribution < 1.29 is 28.0 Å². The van der Waals surface area contributed by atoms with Crippen molar-refractivity contribution in [3.63, 3.8) is 0 Å². The quantitative estimate of drug-likeness (QED) is 0.488. The third-order valence-corrected chi connectivity index (χ3v) is 8.19. The molecule has 11 heteroatoms. The Morgan fingerprint density at radius 1 is 1.03 bits per heavy atom. The van der Waals surface area contributed by atoms with E-state index in [9.17, 15) is 28.0 Å². The van der Waals surface area contributed by atoms with Gasteiger partial charge in [-0.15, -0.1) is 0 Å². The van der Waals surface area contributed by atoms with Crippen molar-refractivity contribution >= 4 is 29.4 Å². The Morgan fingerprint density at radius 3 is 2.33 bits per heavy atom. The van der Waals surface area contributed by atoms with E-state index >= 15 is 0 Å². The average molecular weight is 540 g/mol. The number of likely N-dealkylation sites (N-methyl/N-ethyl adjacent to an activating group) is 1. The van der Waals surface area contributed by atoms with E-state index in [2.05, 4.69) is 16.0 Å². The fraction of sp³-hybridized carbons (Fsp3) is 0.429. The summed E-state index contributed by atoms with van der Waals surface area (Å²) in [5.41, 5.74) is 0.812. The lowest BCUT2D eigenvalue weighted by molar-refractivity contribution is -0.145. The molecule has 2 aromatic carbocycles. The highest BCUT2D eigenvalue weighted by Crippen LogP contribution is 2.38. The zero-order valence-electron chi connectivity index (χ0n) is 21.9. The van der Waals surface area contributed by atoms with Gasteiger partial charge in [0, 0.05) is 43.6 Å². The number of urea groups is 1. The number of hydrogen-bond donors (Lipinski definition) is 3. The highest BCUT2D eigenvalue weighted by atomic mass is 19.1. The number of nitrogens with one attached hydrogen (secondary N) is 3. The van der Waals surface area contributed by atoms with Gasteiger partial charge in [-0.05, 0) is 66.9 Å². The van der Waals surface area contributed by atoms with Gasteiger partial charge in [-0.3, -0.25) is 19.7 Å². The third-order valence-electron chi connectivity index (χ3n) is 8.19. The fourth-order valence-corrected chi connectivity index (χ4v) is 5.85. The number of halogens is 2. The van der Waals surface area contributed by atoms with Gasteiger partial charge < -0.3 is 20.4 Å². The summed E-state index contributed by atoms with van der Waals surface area (Å²) in [6.07, 6.45) is 1.87. The van der Waals surface area contributed by atoms with E-state index in [1.807, 2.05) is 13.0 Å². The van der Waals surface area contributed by atoms with Crippen molar-refractivity contribution in [1.29, 1.82) is 0 Å². The Labute approximate surface area is 224 Å². The minimum absolute atomic E-state index is 0.119. The second kappa shape index (κ2) is 10.0. The summed E-state index contributed by atoms with van der Waals surface area (Å²) in [4.78, 5) is 54.1. The molecule has 5 rings (SSSR count). The Balaban J connectivity index is 1.33. The van der Waals surface area contributed by atoms with E-state index in [-0.39, 0.29) is 30.5 Å². The predicted molar refractivity (Wildman–Crippen MR) is 138 cm³/mol. The van der Waals surface area contributed by atoms with Gasteiger partial charge >= 0.3 is 6.03 Å². The maximum atomic E-state index is 13.9. The normalized spacial score (nSPS) is 21.6. The summed E-state index contributed by atoms with van der Waals surface area (Å²) in [5.74, 6) is -2.56. The number of anilines is 1. The molecule has 0 bridgehead atoms. The SMILES string of the molecule is CN1C(=O)NC(=O)C12Cc1ccc(NC(=O)CN(Cc3cc(F)cc(F)c3)C(=O)C3(C)CCNCC3)cc1C2. The third kappa shape index (κ3) is 5.10. The van der Waals surface area contributed by atoms with Crippen molar-refractivity contribution in [1.82, 2.24) is 20.4 Å². The molecule has 1 aliphatic carbocycles. The maximum absolute atomic E-state index is 13.9. The lowest BCUT2D eigenvalue weighted by atomic mass is 9.79. The van der Waals surface area contributed by atoms with Crippen LogP contribution in [-0.4, -0.2) is 65.8 Å². The van der Waals surface area contributed by atoms with Crippen molar-refractivity contribution in [2.75, 3.05) is 32.0 Å². The summed E-state index contributed by atoms with van der Waals surface area (Å²) in [6.45, 7) is 2.75. The van der Waals surface area contributed by atoms with Crippen molar-refractivity contribution in [3.05, 3.63) is 64.7 Å². The fourth-order valence-electron chi connectivity index (χ4n) is 5.85. The summed E-state index contributed by atoms with van der Waals surface area (Å²) in [5, 5.41) is 8.40. The van der Waals surface area contributed by atoms with Gasteiger partial charge in [0.25, 0.3) is 5.91 Å². The standard InChI is InChI=1S/C28H31F2N5O4/c1-27(5-7-31-8-6-27)25(38)35(15-17-9-20(29)12-21(30)10-17)16-23(36)32-22-4-3-18-13-28(14-19(18)11-22)24(37)33-26(39)34(28)2/h3-4,9-12,31H,5-8,13-16H2,1-2H3,(H,32,36)(H,33,37,39). The Bertz CT molecular complexity index is 1340. The number of rotatable bonds is 6. The smallest absolute Gasteiger partial charge is 0.324 e. The highest BCUT2D eigenvalue weighted by Gasteiger charge is 2.54. The van der Waals surface area contributed by atoms with Gasteiger partial charge in [-0.1, -0.05) is 13.0 Å². The van der Waals surface area contributed by atoms with E-state index in [1.165, 1.54) is 9.80 Å². The van der Waals surface area contributed by atoms with Crippen LogP contribution in [0.5, 0.6) is 0 Å². The number of nitrogens with zero attached hydrogens (tertiary/aromatic N) is 2. The van der Waals surface area contributed by atoms with Crippen LogP contribution in [-0.2, 0) is 33.8 Å². The van der Waals surface area contributed by atoms with Crippen LogP contribution >= 0.6 is 0 Å². The maximum Gasteiger partial charge on any atom is 0.324 e. The number of carbonyl (C=O) groups excluding carboxylic acids is 4. The molecule has 2 heterocycles. The minimum Gasteiger partial charge on any atom is -0.329 e. The molecule has 5 amide bonds. The van der Waals surface area contributed by atoms with E-state index in [0.29, 0.717) is 44.5 Å². The molecule has 0 radical (unpaired) electrons. The number of piperidine rings is 1. The minimum atomic E-state index is -0.976. The summed E-state index contributed by atoms with van der Waals surface area (Å²) < 4.78 is 27.7. The van der Waals surface area contributed by atoms with Crippen molar-refractivity contribution in [2.45, 2.75) is 44.7 Å². The zero-order valence-corrected chi connectivity index (χ0v) is 21.9. The molecule has 1 unspecified atom stereocenters. The molecule has 206 valence electrons. The topological polar surface area (TPSA) is 111 Å². The largest absolute Gasteiger partial charge is 0.329 e. The Hall–Kier alpha value is -3.86. The summed E-state index contributed by atoms with van der Waals surface area (Å²) in [7, 11) is 1.59. The molecule has 3 N–H and O–H groups in total. The van der Waals surface area contributed by atoms with Crippen molar-refractivity contribution in [3.8, 4) is 0 Å². The molecule has 2 fully saturated rings. The Kier molecular flexibility index (Phi) is 6.88. The zero-order chi connectivity index (χ0) is 27.9. The van der Waals surface area contributed by atoms with Gasteiger partial charge in [0.1, 0.15) is 23.7 Å². The predicted octanol–water partition coefficient (Wildman–Crippen LogP) is 2.34. The number of amides is 5. The van der Waals surface area contributed by atoms with Crippen LogP contribution in [0.15, 0.2) is 36.4 Å². The molecule has 3 aliphatic rings. The summed E-state index contributed by atoms with van der Waals surface area (Å²) >= 11 is 0. The van der Waals surface area contributed by atoms with Gasteiger partial charge in [0.05, 0.1) is 0 Å². The molecule has 39 heavy (non-hydrogen) atoms. The number of carbonyl (C=O) groups is 4. The first-order valence-corrected chi connectivity index (χ1v) is 13.0. The second-order valence-electron chi connectivity index (χ2n) is 11.0. The van der Waals surface area contributed by atoms with Crippen LogP contribution in [0.4, 0.5) is 19.3 Å². The molecule has 1 spiro atoms. The first-order valence-electron chi connectivity index (χ1n) is 13.0. The Morgan fingerprint density at radius 2 is 1.69 bits per heavy atom. The van der Waals surface area contributed by atoms with Gasteiger partial charge in [-0.2, -0.15) is 0 Å². The molecule has 2 saturated heterocycles. The number of benzene rings is 2. The molecule has 2 aliphatic heterocycles. The molecule has 9 nitrogen and oxygen atoms in total. The van der Waals surface area contributed by atoms with Crippen LogP contribution in [0.3, 0.4) is 0 Å². The molecular formula is C28H31F2N5O4. The number of fused-ring (bicyclic) bond motifs is 1. The van der Waals surface area contributed by atoms with E-state index < -0.39 is 34.5 Å². The molecule has 0 aromatic heterocycles. The van der Waals surface area contributed by atoms with Crippen LogP contribution in [0, 0.1) is 17.0 Å². The molecule has 0 saturated carbocycles. The second-order valence-corrected chi connectivity index (χ2v) is 11.0. The van der Waals surface area contributed by atoms with Crippen LogP contribution in [0.1, 0.15) is 36.5 Å². The van der Waals surface area contributed by atoms with Gasteiger partial charge in [0.15, 0.2) is 0 Å². The lowest BCUT2D eigenvalue weighted by Gasteiger charge is -2.37. The first-order chi connectivity index (χ1) is 18.5. The van der Waals surface area contributed by atoms with E-state index in [0.717, 1.165) is 29.3 Å². The van der Waals surface area contributed by atoms with E-state index in [1.54, 1.807) is 19.2 Å². The average Bonchev–Trinajstić information content (AvgIpc) is 3.35. The lowest BCUT2D eigenvalue weighted by Crippen LogP contribution is -2.49. The van der Waals surface area contributed by atoms with Gasteiger partial charge in [0.2, 0.25) is 11.8 Å². The summed E-state index contributed by atoms with van der Waals surface area (Å²) in [6, 6.07) is 7.94. The first kappa shape index (κ1) is 26.7. The monoisotopic (exact) mass is 539 g/mol. The van der Waals surface area contributed by atoms with E-state index in [4.69, 9.17) is 0 Å². The van der Waals surface area contributed by atoms with Crippen LogP contribution in [0.25, 0.3) is 0 Å². The van der Waals surface area contributed by atoms with Crippen molar-refractivity contribution in [2.24, 2.45) is 5.41 Å². The molecule has 1 atom stereocenters.